The molecule has 0 bridgehead atoms. The molecular weight excluding hydrogens is 430 g/mol. The number of aryl methyl sites for hydroxylation is 1. The fourth-order valence-corrected chi connectivity index (χ4v) is 4.01. The van der Waals surface area contributed by atoms with E-state index in [1.807, 2.05) is 43.3 Å². The number of aromatic nitrogens is 1. The van der Waals surface area contributed by atoms with Crippen LogP contribution >= 0.6 is 0 Å². The Kier molecular flexibility index (Phi) is 7.42. The first kappa shape index (κ1) is 23.3. The highest BCUT2D eigenvalue weighted by molar-refractivity contribution is 5.96. The Morgan fingerprint density at radius 1 is 1.09 bits per heavy atom. The lowest BCUT2D eigenvalue weighted by atomic mass is 10.1. The maximum Gasteiger partial charge on any atom is 0.243 e. The van der Waals surface area contributed by atoms with Crippen LogP contribution in [0.1, 0.15) is 37.3 Å². The van der Waals surface area contributed by atoms with Crippen LogP contribution in [0, 0.1) is 0 Å². The van der Waals surface area contributed by atoms with Gasteiger partial charge in [-0.15, -0.1) is 0 Å². The largest absolute Gasteiger partial charge is 0.493 e. The standard InChI is InChI=1S/C27H29N3O4/c1-19(13-14-20-8-4-3-5-9-20)29-24(31)15-16-25(32)30-18-21-10-6-12-23(33-2)26(21)34-27-22(30)11-7-17-28-27/h3-12,17,19H,13-16,18H2,1-2H3,(H,29,31)/t19-/m1/s1. The lowest BCUT2D eigenvalue weighted by Gasteiger charge is -2.21. The molecule has 0 aliphatic carbocycles. The first-order chi connectivity index (χ1) is 16.5. The minimum atomic E-state index is -0.166. The van der Waals surface area contributed by atoms with Crippen molar-refractivity contribution < 1.29 is 19.1 Å². The van der Waals surface area contributed by atoms with Crippen molar-refractivity contribution in [1.29, 1.82) is 0 Å². The summed E-state index contributed by atoms with van der Waals surface area (Å²) in [6.07, 6.45) is 3.55. The van der Waals surface area contributed by atoms with Gasteiger partial charge >= 0.3 is 0 Å². The van der Waals surface area contributed by atoms with Crippen LogP contribution < -0.4 is 19.7 Å². The average molecular weight is 460 g/mol. The smallest absolute Gasteiger partial charge is 0.243 e. The molecule has 0 radical (unpaired) electrons. The maximum absolute atomic E-state index is 13.2. The van der Waals surface area contributed by atoms with Crippen LogP contribution in [0.4, 0.5) is 5.69 Å². The van der Waals surface area contributed by atoms with E-state index in [1.165, 1.54) is 5.56 Å². The van der Waals surface area contributed by atoms with Crippen molar-refractivity contribution in [3.05, 3.63) is 78.0 Å². The normalized spacial score (nSPS) is 13.1. The minimum Gasteiger partial charge on any atom is -0.493 e. The van der Waals surface area contributed by atoms with Gasteiger partial charge in [0.2, 0.25) is 17.7 Å². The van der Waals surface area contributed by atoms with E-state index in [0.717, 1.165) is 18.4 Å². The summed E-state index contributed by atoms with van der Waals surface area (Å²) in [5.41, 5.74) is 2.62. The molecule has 7 nitrogen and oxygen atoms in total. The van der Waals surface area contributed by atoms with Crippen molar-refractivity contribution in [2.24, 2.45) is 0 Å². The summed E-state index contributed by atoms with van der Waals surface area (Å²) in [5, 5.41) is 3.01. The highest BCUT2D eigenvalue weighted by atomic mass is 16.5. The summed E-state index contributed by atoms with van der Waals surface area (Å²) in [4.78, 5) is 31.7. The molecule has 0 fully saturated rings. The van der Waals surface area contributed by atoms with E-state index in [4.69, 9.17) is 9.47 Å². The number of nitrogens with one attached hydrogen (secondary N) is 1. The second-order valence-electron chi connectivity index (χ2n) is 8.35. The topological polar surface area (TPSA) is 80.8 Å². The van der Waals surface area contributed by atoms with Gasteiger partial charge in [0.15, 0.2) is 11.5 Å². The summed E-state index contributed by atoms with van der Waals surface area (Å²) >= 11 is 0. The number of carbonyl (C=O) groups excluding carboxylic acids is 2. The number of para-hydroxylation sites is 1. The molecule has 0 saturated carbocycles. The van der Waals surface area contributed by atoms with Crippen molar-refractivity contribution in [1.82, 2.24) is 10.3 Å². The number of benzene rings is 2. The van der Waals surface area contributed by atoms with Gasteiger partial charge in [0.1, 0.15) is 5.69 Å². The van der Waals surface area contributed by atoms with Crippen molar-refractivity contribution in [3.8, 4) is 17.4 Å². The number of ether oxygens (including phenoxy) is 2. The quantitative estimate of drug-likeness (QED) is 0.531. The summed E-state index contributed by atoms with van der Waals surface area (Å²) < 4.78 is 11.5. The summed E-state index contributed by atoms with van der Waals surface area (Å²) in [7, 11) is 1.57. The van der Waals surface area contributed by atoms with Crippen LogP contribution in [-0.4, -0.2) is 29.9 Å². The van der Waals surface area contributed by atoms with Crippen molar-refractivity contribution >= 4 is 17.5 Å². The zero-order chi connectivity index (χ0) is 23.9. The predicted octanol–water partition coefficient (Wildman–Crippen LogP) is 4.65. The first-order valence-corrected chi connectivity index (χ1v) is 11.5. The van der Waals surface area contributed by atoms with E-state index in [1.54, 1.807) is 30.3 Å². The Hall–Kier alpha value is -3.87. The third kappa shape index (κ3) is 5.54. The summed E-state index contributed by atoms with van der Waals surface area (Å²) in [6, 6.07) is 19.3. The molecule has 4 rings (SSSR count). The molecule has 1 aromatic heterocycles. The fraction of sp³-hybridized carbons (Fsp3) is 0.296. The van der Waals surface area contributed by atoms with E-state index in [0.29, 0.717) is 29.6 Å². The van der Waals surface area contributed by atoms with Crippen LogP contribution in [0.25, 0.3) is 0 Å². The zero-order valence-corrected chi connectivity index (χ0v) is 19.5. The first-order valence-electron chi connectivity index (χ1n) is 11.5. The van der Waals surface area contributed by atoms with Gasteiger partial charge in [-0.25, -0.2) is 4.98 Å². The molecule has 2 amide bonds. The Morgan fingerprint density at radius 3 is 2.71 bits per heavy atom. The number of hydrogen-bond acceptors (Lipinski definition) is 5. The summed E-state index contributed by atoms with van der Waals surface area (Å²) in [5.74, 6) is 1.16. The Balaban J connectivity index is 1.38. The number of methoxy groups -OCH3 is 1. The Morgan fingerprint density at radius 2 is 1.91 bits per heavy atom. The van der Waals surface area contributed by atoms with Gasteiger partial charge in [0.05, 0.1) is 13.7 Å². The molecule has 1 atom stereocenters. The zero-order valence-electron chi connectivity index (χ0n) is 19.5. The highest BCUT2D eigenvalue weighted by Crippen LogP contribution is 2.42. The molecule has 2 heterocycles. The van der Waals surface area contributed by atoms with E-state index in [-0.39, 0.29) is 30.7 Å². The SMILES string of the molecule is COc1cccc2c1Oc1ncccc1N(C(=O)CCC(=O)N[C@H](C)CCc1ccccc1)C2. The van der Waals surface area contributed by atoms with Crippen LogP contribution in [0.2, 0.25) is 0 Å². The molecule has 3 aromatic rings. The average Bonchev–Trinajstić information content (AvgIpc) is 3.03. The van der Waals surface area contributed by atoms with E-state index < -0.39 is 0 Å². The molecule has 34 heavy (non-hydrogen) atoms. The van der Waals surface area contributed by atoms with Crippen LogP contribution in [0.15, 0.2) is 66.9 Å². The van der Waals surface area contributed by atoms with E-state index in [9.17, 15) is 9.59 Å². The maximum atomic E-state index is 13.2. The second-order valence-corrected chi connectivity index (χ2v) is 8.35. The van der Waals surface area contributed by atoms with Gasteiger partial charge in [-0.3, -0.25) is 9.59 Å². The van der Waals surface area contributed by atoms with Crippen LogP contribution in [0.3, 0.4) is 0 Å². The predicted molar refractivity (Wildman–Crippen MR) is 130 cm³/mol. The second kappa shape index (κ2) is 10.8. The Bertz CT molecular complexity index is 1150. The van der Waals surface area contributed by atoms with Crippen molar-refractivity contribution in [3.63, 3.8) is 0 Å². The van der Waals surface area contributed by atoms with Crippen LogP contribution in [0.5, 0.6) is 17.4 Å². The van der Waals surface area contributed by atoms with Gasteiger partial charge in [0, 0.05) is 30.6 Å². The minimum absolute atomic E-state index is 0.0265. The number of anilines is 1. The monoisotopic (exact) mass is 459 g/mol. The van der Waals surface area contributed by atoms with Gasteiger partial charge < -0.3 is 19.7 Å². The molecule has 176 valence electrons. The van der Waals surface area contributed by atoms with Gasteiger partial charge in [-0.05, 0) is 43.5 Å². The number of amides is 2. The number of fused-ring (bicyclic) bond motifs is 2. The fourth-order valence-electron chi connectivity index (χ4n) is 4.01. The summed E-state index contributed by atoms with van der Waals surface area (Å²) in [6.45, 7) is 2.29. The highest BCUT2D eigenvalue weighted by Gasteiger charge is 2.28. The van der Waals surface area contributed by atoms with E-state index >= 15 is 0 Å². The van der Waals surface area contributed by atoms with Crippen molar-refractivity contribution in [2.45, 2.75) is 45.2 Å². The lowest BCUT2D eigenvalue weighted by Crippen LogP contribution is -2.35. The molecule has 0 unspecified atom stereocenters. The third-order valence-corrected chi connectivity index (χ3v) is 5.83. The number of carbonyl (C=O) groups is 2. The third-order valence-electron chi connectivity index (χ3n) is 5.83. The molecule has 1 aliphatic rings. The molecular formula is C27H29N3O4. The molecule has 0 spiro atoms. The molecule has 1 aliphatic heterocycles. The number of pyridine rings is 1. The van der Waals surface area contributed by atoms with Crippen molar-refractivity contribution in [2.75, 3.05) is 12.0 Å². The molecule has 2 aromatic carbocycles. The molecule has 1 N–H and O–H groups in total. The molecule has 7 heteroatoms. The number of rotatable bonds is 8. The van der Waals surface area contributed by atoms with Crippen LogP contribution in [-0.2, 0) is 22.6 Å². The number of nitrogens with zero attached hydrogens (tertiary/aromatic N) is 2. The van der Waals surface area contributed by atoms with E-state index in [2.05, 4.69) is 22.4 Å². The van der Waals surface area contributed by atoms with Gasteiger partial charge in [-0.1, -0.05) is 42.5 Å². The lowest BCUT2D eigenvalue weighted by molar-refractivity contribution is -0.125. The van der Waals surface area contributed by atoms with Gasteiger partial charge in [0.25, 0.3) is 0 Å². The number of hydrogen-bond donors (Lipinski definition) is 1. The molecule has 0 saturated heterocycles. The Labute approximate surface area is 199 Å². The van der Waals surface area contributed by atoms with Gasteiger partial charge in [-0.2, -0.15) is 0 Å².